The third-order valence-electron chi connectivity index (χ3n) is 11.5. The summed E-state index contributed by atoms with van der Waals surface area (Å²) < 4.78 is 7.36. The molecule has 0 aliphatic rings. The normalized spacial score (nSPS) is 12.6. The number of aromatic nitrogens is 1. The zero-order valence-electron chi connectivity index (χ0n) is 34.1. The van der Waals surface area contributed by atoms with Crippen molar-refractivity contribution in [3.63, 3.8) is 0 Å². The van der Waals surface area contributed by atoms with Crippen LogP contribution in [0.25, 0.3) is 54.3 Å². The molecule has 0 atom stereocenters. The van der Waals surface area contributed by atoms with Crippen LogP contribution in [0.2, 0.25) is 0 Å². The van der Waals surface area contributed by atoms with Crippen LogP contribution in [0.4, 0.5) is 0 Å². The van der Waals surface area contributed by atoms with E-state index in [4.69, 9.17) is 9.40 Å². The van der Waals surface area contributed by atoms with E-state index in [2.05, 4.69) is 101 Å². The van der Waals surface area contributed by atoms with Gasteiger partial charge in [0.2, 0.25) is 0 Å². The molecular weight excluding hydrogens is 863 g/mol. The van der Waals surface area contributed by atoms with Crippen molar-refractivity contribution in [1.29, 1.82) is 0 Å². The van der Waals surface area contributed by atoms with Crippen LogP contribution in [0.5, 0.6) is 0 Å². The van der Waals surface area contributed by atoms with Gasteiger partial charge in [-0.2, -0.15) is 0 Å². The summed E-state index contributed by atoms with van der Waals surface area (Å²) in [4.78, 5) is 17.2. The van der Waals surface area contributed by atoms with E-state index in [1.807, 2.05) is 58.9 Å². The molecule has 0 unspecified atom stereocenters. The van der Waals surface area contributed by atoms with Crippen LogP contribution in [-0.2, 0) is 36.7 Å². The zero-order valence-corrected chi connectivity index (χ0v) is 37.3. The van der Waals surface area contributed by atoms with Crippen LogP contribution in [0.15, 0.2) is 88.6 Å². The number of aliphatic hydroxyl groups excluding tert-OH is 1. The number of furan rings is 1. The van der Waals surface area contributed by atoms with Crippen molar-refractivity contribution in [3.05, 3.63) is 101 Å². The van der Waals surface area contributed by atoms with E-state index in [9.17, 15) is 9.90 Å². The monoisotopic (exact) mass is 921 g/mol. The van der Waals surface area contributed by atoms with Crippen molar-refractivity contribution in [2.45, 2.75) is 114 Å². The summed E-state index contributed by atoms with van der Waals surface area (Å²) in [6.07, 6.45) is 7.58. The number of benzene rings is 3. The quantitative estimate of drug-likeness (QED) is 0.0799. The molecule has 1 radical (unpaired) electrons. The third-order valence-corrected chi connectivity index (χ3v) is 12.5. The number of aliphatic hydroxyl groups is 1. The Bertz CT molecular complexity index is 2240. The van der Waals surface area contributed by atoms with Gasteiger partial charge in [-0.15, -0.1) is 40.5 Å². The first-order valence-corrected chi connectivity index (χ1v) is 20.3. The molecule has 3 aromatic carbocycles. The van der Waals surface area contributed by atoms with Crippen LogP contribution >= 0.6 is 11.3 Å². The van der Waals surface area contributed by atoms with Gasteiger partial charge in [0.25, 0.3) is 0 Å². The number of fused-ring (bicyclic) bond motifs is 3. The molecule has 0 amide bonds. The molecule has 54 heavy (non-hydrogen) atoms. The molecule has 0 saturated heterocycles. The molecule has 6 aromatic rings. The first-order valence-electron chi connectivity index (χ1n) is 19.4. The van der Waals surface area contributed by atoms with Gasteiger partial charge < -0.3 is 9.52 Å². The van der Waals surface area contributed by atoms with E-state index < -0.39 is 0 Å². The predicted octanol–water partition coefficient (Wildman–Crippen LogP) is 14.5. The molecule has 0 saturated carbocycles. The van der Waals surface area contributed by atoms with Crippen LogP contribution < -0.4 is 0 Å². The summed E-state index contributed by atoms with van der Waals surface area (Å²) in [7, 11) is 0. The van der Waals surface area contributed by atoms with E-state index >= 15 is 0 Å². The van der Waals surface area contributed by atoms with Crippen molar-refractivity contribution in [1.82, 2.24) is 4.98 Å². The topological polar surface area (TPSA) is 63.3 Å². The largest absolute Gasteiger partial charge is 0.512 e. The maximum absolute atomic E-state index is 12.2. The molecule has 4 nitrogen and oxygen atoms in total. The number of ketones is 1. The molecule has 0 fully saturated rings. The standard InChI is InChI=1S/C33H30NOS.C15H28O2.Ir/c1-20(2)16-22-10-11-25(26-13-15-36-32(22)26)27-19-30(34-29-12-14-35-31(27)29)23-17-21-8-6-7-9-24(21)28(18-23)33(3,4)5;1-7-14(5,8-2)12(16)11-13(17)15(6,9-3)10-4;/h6-15,18-20H,16H2,1-5H3;11,16H,7-10H2,1-6H3;/q-1;;/b;12-11-;. The second kappa shape index (κ2) is 17.5. The molecule has 6 rings (SSSR count). The summed E-state index contributed by atoms with van der Waals surface area (Å²) in [6, 6.07) is 25.4. The minimum atomic E-state index is -0.337. The van der Waals surface area contributed by atoms with Crippen molar-refractivity contribution in [2.75, 3.05) is 0 Å². The number of hydrogen-bond acceptors (Lipinski definition) is 5. The Kier molecular flexibility index (Phi) is 14.0. The summed E-state index contributed by atoms with van der Waals surface area (Å²) >= 11 is 1.83. The van der Waals surface area contributed by atoms with Crippen molar-refractivity contribution >= 4 is 49.1 Å². The van der Waals surface area contributed by atoms with E-state index in [1.165, 1.54) is 38.2 Å². The molecule has 1 N–H and O–H groups in total. The van der Waals surface area contributed by atoms with Crippen LogP contribution in [-0.4, -0.2) is 15.9 Å². The Hall–Kier alpha value is -3.57. The molecule has 3 aromatic heterocycles. The Morgan fingerprint density at radius 1 is 0.870 bits per heavy atom. The Labute approximate surface area is 340 Å². The number of nitrogens with zero attached hydrogens (tertiary/aromatic N) is 1. The molecule has 0 aliphatic carbocycles. The van der Waals surface area contributed by atoms with Gasteiger partial charge in [0.1, 0.15) is 11.3 Å². The van der Waals surface area contributed by atoms with E-state index in [-0.39, 0.29) is 47.9 Å². The summed E-state index contributed by atoms with van der Waals surface area (Å²) in [6.45, 7) is 23.4. The fraction of sp³-hybridized carbons (Fsp3) is 0.417. The van der Waals surface area contributed by atoms with Gasteiger partial charge in [-0.1, -0.05) is 124 Å². The second-order valence-electron chi connectivity index (χ2n) is 16.5. The van der Waals surface area contributed by atoms with Gasteiger partial charge in [-0.05, 0) is 66.0 Å². The van der Waals surface area contributed by atoms with Crippen molar-refractivity contribution in [3.8, 4) is 22.4 Å². The second-order valence-corrected chi connectivity index (χ2v) is 17.5. The minimum Gasteiger partial charge on any atom is -0.512 e. The number of carbonyl (C=O) groups is 1. The van der Waals surface area contributed by atoms with E-state index in [0.717, 1.165) is 65.4 Å². The molecule has 289 valence electrons. The Morgan fingerprint density at radius 2 is 1.54 bits per heavy atom. The van der Waals surface area contributed by atoms with Crippen LogP contribution in [0.1, 0.15) is 113 Å². The fourth-order valence-corrected chi connectivity index (χ4v) is 7.87. The number of allylic oxidation sites excluding steroid dienone is 2. The van der Waals surface area contributed by atoms with Crippen LogP contribution in [0.3, 0.4) is 0 Å². The van der Waals surface area contributed by atoms with Gasteiger partial charge >= 0.3 is 0 Å². The summed E-state index contributed by atoms with van der Waals surface area (Å²) in [5.41, 5.74) is 8.04. The molecule has 0 bridgehead atoms. The average molecular weight is 921 g/mol. The molecule has 0 spiro atoms. The van der Waals surface area contributed by atoms with E-state index in [1.54, 1.807) is 6.26 Å². The maximum atomic E-state index is 12.2. The number of hydrogen-bond donors (Lipinski definition) is 1. The molecule has 6 heteroatoms. The number of thiophene rings is 1. The van der Waals surface area contributed by atoms with Crippen molar-refractivity contribution < 1.29 is 34.4 Å². The van der Waals surface area contributed by atoms with Gasteiger partial charge in [0, 0.05) is 64.4 Å². The van der Waals surface area contributed by atoms with Gasteiger partial charge in [-0.25, -0.2) is 0 Å². The zero-order chi connectivity index (χ0) is 38.7. The Morgan fingerprint density at radius 3 is 2.17 bits per heavy atom. The first-order chi connectivity index (χ1) is 25.1. The Balaban J connectivity index is 0.000000309. The molecule has 0 aliphatic heterocycles. The minimum absolute atomic E-state index is 0. The van der Waals surface area contributed by atoms with Crippen molar-refractivity contribution in [2.24, 2.45) is 16.7 Å². The van der Waals surface area contributed by atoms with Gasteiger partial charge in [0.05, 0.1) is 6.26 Å². The summed E-state index contributed by atoms with van der Waals surface area (Å²) in [5.74, 6) is 0.902. The summed E-state index contributed by atoms with van der Waals surface area (Å²) in [5, 5.41) is 16.0. The van der Waals surface area contributed by atoms with Crippen LogP contribution in [0, 0.1) is 22.8 Å². The third kappa shape index (κ3) is 8.93. The van der Waals surface area contributed by atoms with E-state index in [0.29, 0.717) is 5.92 Å². The maximum Gasteiger partial charge on any atom is 0.164 e. The number of carbonyl (C=O) groups excluding carboxylic acids is 1. The predicted molar refractivity (Wildman–Crippen MR) is 227 cm³/mol. The number of rotatable bonds is 11. The SMILES string of the molecule is CC(C)Cc1ccc(-c2cc(-c3[c-]c4ccccc4c(C(C)(C)C)c3)nc3ccoc23)c2ccsc12.CCC(C)(CC)C(=O)/C=C(\O)C(C)(CC)CC.[Ir]. The number of pyridine rings is 1. The fourth-order valence-electron chi connectivity index (χ4n) is 6.92. The van der Waals surface area contributed by atoms with Gasteiger partial charge in [0.15, 0.2) is 11.4 Å². The smallest absolute Gasteiger partial charge is 0.164 e. The molecule has 3 heterocycles. The average Bonchev–Trinajstić information content (AvgIpc) is 3.84. The van der Waals surface area contributed by atoms with Gasteiger partial charge in [-0.3, -0.25) is 9.78 Å². The molecular formula is C48H58IrNO3S-. The first kappa shape index (κ1) is 43.2.